The van der Waals surface area contributed by atoms with E-state index in [0.717, 1.165) is 5.56 Å². The molecule has 0 radical (unpaired) electrons. The summed E-state index contributed by atoms with van der Waals surface area (Å²) in [7, 11) is 0. The molecule has 1 aliphatic carbocycles. The van der Waals surface area contributed by atoms with Crippen LogP contribution in [0.3, 0.4) is 0 Å². The van der Waals surface area contributed by atoms with Crippen LogP contribution in [0, 0.1) is 10.1 Å². The fraction of sp³-hybridized carbons (Fsp3) is 0.125. The fourth-order valence-electron chi connectivity index (χ4n) is 3.69. The van der Waals surface area contributed by atoms with Crippen LogP contribution in [0.15, 0.2) is 78.9 Å². The van der Waals surface area contributed by atoms with E-state index in [-0.39, 0.29) is 18.2 Å². The molecular weight excluding hydrogens is 380 g/mol. The lowest BCUT2D eigenvalue weighted by Gasteiger charge is -2.14. The summed E-state index contributed by atoms with van der Waals surface area (Å²) in [5.41, 5.74) is 5.58. The van der Waals surface area contributed by atoms with E-state index < -0.39 is 11.0 Å². The predicted molar refractivity (Wildman–Crippen MR) is 115 cm³/mol. The van der Waals surface area contributed by atoms with Gasteiger partial charge in [0, 0.05) is 24.6 Å². The number of rotatable bonds is 6. The summed E-state index contributed by atoms with van der Waals surface area (Å²) in [5.74, 6) is 0.0267. The minimum atomic E-state index is -0.481. The van der Waals surface area contributed by atoms with Gasteiger partial charge in [0.05, 0.1) is 4.92 Å². The Morgan fingerprint density at radius 3 is 2.17 bits per heavy atom. The normalized spacial score (nSPS) is 12.4. The summed E-state index contributed by atoms with van der Waals surface area (Å²) < 4.78 is 5.48. The van der Waals surface area contributed by atoms with E-state index in [2.05, 4.69) is 29.6 Å². The highest BCUT2D eigenvalue weighted by Gasteiger charge is 2.28. The first-order valence-corrected chi connectivity index (χ1v) is 9.63. The molecule has 0 spiro atoms. The molecule has 30 heavy (non-hydrogen) atoms. The Morgan fingerprint density at radius 2 is 1.57 bits per heavy atom. The maximum atomic E-state index is 12.1. The Hall–Kier alpha value is -3.93. The average molecular weight is 400 g/mol. The molecule has 0 saturated carbocycles. The molecule has 0 saturated heterocycles. The average Bonchev–Trinajstić information content (AvgIpc) is 3.09. The second kappa shape index (κ2) is 8.61. The number of benzene rings is 3. The number of ether oxygens (including phenoxy) is 1. The van der Waals surface area contributed by atoms with Crippen LogP contribution in [0.1, 0.15) is 22.6 Å². The van der Waals surface area contributed by atoms with Gasteiger partial charge in [-0.05, 0) is 39.9 Å². The Labute approximate surface area is 174 Å². The van der Waals surface area contributed by atoms with E-state index in [4.69, 9.17) is 4.74 Å². The van der Waals surface area contributed by atoms with Gasteiger partial charge in [0.15, 0.2) is 0 Å². The number of fused-ring (bicyclic) bond motifs is 3. The molecule has 1 amide bonds. The summed E-state index contributed by atoms with van der Waals surface area (Å²) in [5, 5.41) is 13.4. The first-order valence-electron chi connectivity index (χ1n) is 9.63. The molecule has 0 unspecified atom stereocenters. The molecule has 1 aliphatic rings. The number of nitro benzene ring substituents is 1. The third-order valence-electron chi connectivity index (χ3n) is 5.12. The summed E-state index contributed by atoms with van der Waals surface area (Å²) in [6.07, 6.45) is 3.07. The van der Waals surface area contributed by atoms with E-state index in [0.29, 0.717) is 6.54 Å². The number of hydrogen-bond acceptors (Lipinski definition) is 4. The fourth-order valence-corrected chi connectivity index (χ4v) is 3.69. The van der Waals surface area contributed by atoms with Crippen LogP contribution in [0.2, 0.25) is 0 Å². The van der Waals surface area contributed by atoms with E-state index >= 15 is 0 Å². The highest BCUT2D eigenvalue weighted by atomic mass is 16.6. The molecule has 0 fully saturated rings. The van der Waals surface area contributed by atoms with Crippen molar-refractivity contribution in [3.63, 3.8) is 0 Å². The monoisotopic (exact) mass is 400 g/mol. The summed E-state index contributed by atoms with van der Waals surface area (Å²) >= 11 is 0. The molecule has 0 aromatic heterocycles. The molecule has 1 N–H and O–H groups in total. The van der Waals surface area contributed by atoms with E-state index in [1.165, 1.54) is 34.4 Å². The molecular formula is C24H20N2O4. The van der Waals surface area contributed by atoms with Gasteiger partial charge >= 0.3 is 6.09 Å². The Balaban J connectivity index is 1.31. The second-order valence-electron chi connectivity index (χ2n) is 6.96. The van der Waals surface area contributed by atoms with Crippen LogP contribution in [0.25, 0.3) is 17.2 Å². The highest BCUT2D eigenvalue weighted by Crippen LogP contribution is 2.44. The van der Waals surface area contributed by atoms with Crippen molar-refractivity contribution in [1.82, 2.24) is 5.32 Å². The number of nitrogens with one attached hydrogen (secondary N) is 1. The minimum absolute atomic E-state index is 0.0267. The number of hydrogen-bond donors (Lipinski definition) is 1. The van der Waals surface area contributed by atoms with E-state index in [1.807, 2.05) is 24.3 Å². The van der Waals surface area contributed by atoms with Crippen molar-refractivity contribution in [3.8, 4) is 11.1 Å². The molecule has 3 aromatic carbocycles. The largest absolute Gasteiger partial charge is 0.449 e. The van der Waals surface area contributed by atoms with Crippen LogP contribution < -0.4 is 5.32 Å². The number of nitrogens with zero attached hydrogens (tertiary/aromatic N) is 1. The Kier molecular flexibility index (Phi) is 5.57. The van der Waals surface area contributed by atoms with Crippen LogP contribution in [-0.4, -0.2) is 24.2 Å². The highest BCUT2D eigenvalue weighted by molar-refractivity contribution is 5.79. The lowest BCUT2D eigenvalue weighted by atomic mass is 9.98. The third-order valence-corrected chi connectivity index (χ3v) is 5.12. The Morgan fingerprint density at radius 1 is 0.967 bits per heavy atom. The molecule has 3 aromatic rings. The molecule has 0 heterocycles. The summed E-state index contributed by atoms with van der Waals surface area (Å²) in [6.45, 7) is 0.569. The number of nitro groups is 1. The van der Waals surface area contributed by atoms with Crippen molar-refractivity contribution in [1.29, 1.82) is 0 Å². The zero-order valence-corrected chi connectivity index (χ0v) is 16.2. The zero-order chi connectivity index (χ0) is 20.9. The summed E-state index contributed by atoms with van der Waals surface area (Å²) in [4.78, 5) is 22.3. The number of alkyl carbamates (subject to hydrolysis) is 1. The molecule has 150 valence electrons. The molecule has 4 rings (SSSR count). The molecule has 6 heteroatoms. The van der Waals surface area contributed by atoms with Gasteiger partial charge in [-0.2, -0.15) is 0 Å². The first kappa shape index (κ1) is 19.4. The quantitative estimate of drug-likeness (QED) is 0.458. The van der Waals surface area contributed by atoms with Gasteiger partial charge in [0.1, 0.15) is 6.61 Å². The van der Waals surface area contributed by atoms with Crippen molar-refractivity contribution in [2.24, 2.45) is 0 Å². The van der Waals surface area contributed by atoms with Gasteiger partial charge in [-0.15, -0.1) is 0 Å². The summed E-state index contributed by atoms with van der Waals surface area (Å²) in [6, 6.07) is 22.6. The van der Waals surface area contributed by atoms with E-state index in [9.17, 15) is 14.9 Å². The maximum absolute atomic E-state index is 12.1. The maximum Gasteiger partial charge on any atom is 0.407 e. The van der Waals surface area contributed by atoms with Gasteiger partial charge in [-0.1, -0.05) is 60.7 Å². The lowest BCUT2D eigenvalue weighted by Crippen LogP contribution is -2.26. The van der Waals surface area contributed by atoms with Crippen LogP contribution in [-0.2, 0) is 4.74 Å². The van der Waals surface area contributed by atoms with Crippen LogP contribution >= 0.6 is 0 Å². The van der Waals surface area contributed by atoms with E-state index in [1.54, 1.807) is 24.3 Å². The topological polar surface area (TPSA) is 81.5 Å². The van der Waals surface area contributed by atoms with Gasteiger partial charge in [-0.3, -0.25) is 10.1 Å². The Bertz CT molecular complexity index is 1060. The number of non-ortho nitro benzene ring substituents is 1. The van der Waals surface area contributed by atoms with Gasteiger partial charge < -0.3 is 10.1 Å². The van der Waals surface area contributed by atoms with Crippen molar-refractivity contribution >= 4 is 17.9 Å². The van der Waals surface area contributed by atoms with Crippen LogP contribution in [0.5, 0.6) is 0 Å². The van der Waals surface area contributed by atoms with Gasteiger partial charge in [-0.25, -0.2) is 4.79 Å². The number of amides is 1. The molecule has 0 atom stereocenters. The predicted octanol–water partition coefficient (Wildman–Crippen LogP) is 5.15. The molecule has 0 aliphatic heterocycles. The third kappa shape index (κ3) is 4.07. The minimum Gasteiger partial charge on any atom is -0.449 e. The zero-order valence-electron chi connectivity index (χ0n) is 16.2. The second-order valence-corrected chi connectivity index (χ2v) is 6.96. The standard InChI is InChI=1S/C24H20N2O4/c27-24(25-15-5-6-17-11-13-18(14-12-17)26(28)29)30-16-23-21-9-3-1-7-19(21)20-8-2-4-10-22(20)23/h1-14,23H,15-16H2,(H,25,27). The lowest BCUT2D eigenvalue weighted by molar-refractivity contribution is -0.384. The van der Waals surface area contributed by atoms with Crippen molar-refractivity contribution < 1.29 is 14.5 Å². The molecule has 0 bridgehead atoms. The van der Waals surface area contributed by atoms with Crippen molar-refractivity contribution in [2.45, 2.75) is 5.92 Å². The van der Waals surface area contributed by atoms with Gasteiger partial charge in [0.25, 0.3) is 5.69 Å². The number of carbonyl (C=O) groups is 1. The van der Waals surface area contributed by atoms with Gasteiger partial charge in [0.2, 0.25) is 0 Å². The SMILES string of the molecule is O=C(NCC=Cc1ccc([N+](=O)[O-])cc1)OCC1c2ccccc2-c2ccccc21. The smallest absolute Gasteiger partial charge is 0.407 e. The first-order chi connectivity index (χ1) is 14.6. The van der Waals surface area contributed by atoms with Crippen LogP contribution in [0.4, 0.5) is 10.5 Å². The van der Waals surface area contributed by atoms with Crippen molar-refractivity contribution in [2.75, 3.05) is 13.2 Å². The number of carbonyl (C=O) groups excluding carboxylic acids is 1. The van der Waals surface area contributed by atoms with Crippen molar-refractivity contribution in [3.05, 3.63) is 106 Å². The molecule has 6 nitrogen and oxygen atoms in total.